The fourth-order valence-electron chi connectivity index (χ4n) is 5.09. The molecule has 1 saturated carbocycles. The smallest absolute Gasteiger partial charge is 0.322 e. The first kappa shape index (κ1) is 26.0. The Morgan fingerprint density at radius 2 is 1.77 bits per heavy atom. The zero-order chi connectivity index (χ0) is 27.0. The molecule has 2 N–H and O–H groups in total. The number of urea groups is 1. The molecule has 5 rings (SSSR count). The SMILES string of the molecule is CCn1cc(-c2ccc(N(C(=O)NCc3ccccc3)[C@H]3CC[C@H](Nc4ccc(C#N)cn4)CC3)cc2)cn1. The number of rotatable bonds is 8. The number of aryl methyl sites for hydroxylation is 1. The molecule has 1 aliphatic carbocycles. The molecule has 8 nitrogen and oxygen atoms in total. The molecule has 2 aromatic heterocycles. The number of carbonyl (C=O) groups is 1. The second-order valence-corrected chi connectivity index (χ2v) is 9.84. The van der Waals surface area contributed by atoms with E-state index in [2.05, 4.69) is 45.8 Å². The quantitative estimate of drug-likeness (QED) is 0.299. The van der Waals surface area contributed by atoms with E-state index in [0.717, 1.165) is 60.4 Å². The Kier molecular flexibility index (Phi) is 8.18. The van der Waals surface area contributed by atoms with Crippen molar-refractivity contribution in [3.63, 3.8) is 0 Å². The predicted octanol–water partition coefficient (Wildman–Crippen LogP) is 5.98. The minimum absolute atomic E-state index is 0.0847. The van der Waals surface area contributed by atoms with Gasteiger partial charge in [0.25, 0.3) is 0 Å². The van der Waals surface area contributed by atoms with E-state index in [-0.39, 0.29) is 18.1 Å². The normalized spacial score (nSPS) is 16.7. The van der Waals surface area contributed by atoms with Gasteiger partial charge in [-0.1, -0.05) is 42.5 Å². The third kappa shape index (κ3) is 6.44. The first-order chi connectivity index (χ1) is 19.1. The Balaban J connectivity index is 1.29. The lowest BCUT2D eigenvalue weighted by Crippen LogP contribution is -2.48. The lowest BCUT2D eigenvalue weighted by Gasteiger charge is -2.37. The van der Waals surface area contributed by atoms with Gasteiger partial charge in [0.05, 0.1) is 11.8 Å². The van der Waals surface area contributed by atoms with Crippen molar-refractivity contribution in [2.75, 3.05) is 10.2 Å². The highest BCUT2D eigenvalue weighted by molar-refractivity contribution is 5.93. The van der Waals surface area contributed by atoms with E-state index in [0.29, 0.717) is 12.1 Å². The molecule has 8 heteroatoms. The van der Waals surface area contributed by atoms with Crippen LogP contribution in [0.2, 0.25) is 0 Å². The van der Waals surface area contributed by atoms with Crippen LogP contribution in [-0.4, -0.2) is 32.9 Å². The molecule has 0 aliphatic heterocycles. The molecular formula is C31H33N7O. The van der Waals surface area contributed by atoms with Crippen LogP contribution in [-0.2, 0) is 13.1 Å². The fourth-order valence-corrected chi connectivity index (χ4v) is 5.09. The summed E-state index contributed by atoms with van der Waals surface area (Å²) in [7, 11) is 0. The van der Waals surface area contributed by atoms with Gasteiger partial charge >= 0.3 is 6.03 Å². The van der Waals surface area contributed by atoms with E-state index < -0.39 is 0 Å². The van der Waals surface area contributed by atoms with Crippen molar-refractivity contribution < 1.29 is 4.79 Å². The number of hydrogen-bond acceptors (Lipinski definition) is 5. The number of nitrogens with one attached hydrogen (secondary N) is 2. The largest absolute Gasteiger partial charge is 0.367 e. The van der Waals surface area contributed by atoms with Crippen molar-refractivity contribution in [1.82, 2.24) is 20.1 Å². The van der Waals surface area contributed by atoms with Gasteiger partial charge in [-0.3, -0.25) is 9.58 Å². The van der Waals surface area contributed by atoms with Crippen molar-refractivity contribution in [3.05, 3.63) is 96.4 Å². The summed E-state index contributed by atoms with van der Waals surface area (Å²) in [6, 6.07) is 24.2. The van der Waals surface area contributed by atoms with Gasteiger partial charge in [-0.2, -0.15) is 10.4 Å². The van der Waals surface area contributed by atoms with Crippen molar-refractivity contribution >= 4 is 17.5 Å². The lowest BCUT2D eigenvalue weighted by molar-refractivity contribution is 0.240. The van der Waals surface area contributed by atoms with Crippen LogP contribution in [0.5, 0.6) is 0 Å². The molecule has 0 atom stereocenters. The molecule has 2 aromatic carbocycles. The van der Waals surface area contributed by atoms with Gasteiger partial charge in [0.1, 0.15) is 11.9 Å². The summed E-state index contributed by atoms with van der Waals surface area (Å²) >= 11 is 0. The van der Waals surface area contributed by atoms with Crippen molar-refractivity contribution in [2.45, 2.75) is 57.8 Å². The zero-order valence-electron chi connectivity index (χ0n) is 22.1. The van der Waals surface area contributed by atoms with E-state index in [4.69, 9.17) is 5.26 Å². The average molecular weight is 520 g/mol. The molecule has 1 fully saturated rings. The highest BCUT2D eigenvalue weighted by Crippen LogP contribution is 2.31. The summed E-state index contributed by atoms with van der Waals surface area (Å²) < 4.78 is 1.91. The van der Waals surface area contributed by atoms with Gasteiger partial charge < -0.3 is 10.6 Å². The third-order valence-corrected chi connectivity index (χ3v) is 7.25. The summed E-state index contributed by atoms with van der Waals surface area (Å²) in [4.78, 5) is 19.9. The number of aromatic nitrogens is 3. The summed E-state index contributed by atoms with van der Waals surface area (Å²) in [5, 5.41) is 20.0. The van der Waals surface area contributed by atoms with Gasteiger partial charge in [-0.25, -0.2) is 9.78 Å². The second-order valence-electron chi connectivity index (χ2n) is 9.84. The number of amides is 2. The van der Waals surface area contributed by atoms with E-state index in [1.54, 1.807) is 12.3 Å². The van der Waals surface area contributed by atoms with Crippen LogP contribution in [0.3, 0.4) is 0 Å². The second kappa shape index (κ2) is 12.3. The Morgan fingerprint density at radius 1 is 1.00 bits per heavy atom. The topological polar surface area (TPSA) is 98.9 Å². The van der Waals surface area contributed by atoms with E-state index in [1.165, 1.54) is 0 Å². The number of nitriles is 1. The van der Waals surface area contributed by atoms with E-state index in [1.807, 2.05) is 70.5 Å². The number of hydrogen-bond donors (Lipinski definition) is 2. The first-order valence-electron chi connectivity index (χ1n) is 13.5. The number of pyridine rings is 1. The van der Waals surface area contributed by atoms with Gasteiger partial charge in [-0.05, 0) is 68.0 Å². The lowest BCUT2D eigenvalue weighted by atomic mass is 9.89. The zero-order valence-corrected chi connectivity index (χ0v) is 22.1. The van der Waals surface area contributed by atoms with E-state index in [9.17, 15) is 4.79 Å². The molecule has 1 aliphatic rings. The van der Waals surface area contributed by atoms with Gasteiger partial charge in [0.2, 0.25) is 0 Å². The Hall–Kier alpha value is -4.64. The molecule has 198 valence electrons. The van der Waals surface area contributed by atoms with Gasteiger partial charge in [-0.15, -0.1) is 0 Å². The van der Waals surface area contributed by atoms with Gasteiger partial charge in [0.15, 0.2) is 0 Å². The molecule has 0 radical (unpaired) electrons. The van der Waals surface area contributed by atoms with E-state index >= 15 is 0 Å². The molecule has 2 heterocycles. The van der Waals surface area contributed by atoms with Crippen LogP contribution in [0.25, 0.3) is 11.1 Å². The Bertz CT molecular complexity index is 1400. The Morgan fingerprint density at radius 3 is 2.41 bits per heavy atom. The average Bonchev–Trinajstić information content (AvgIpc) is 3.48. The van der Waals surface area contributed by atoms with Crippen LogP contribution >= 0.6 is 0 Å². The Labute approximate surface area is 229 Å². The maximum Gasteiger partial charge on any atom is 0.322 e. The van der Waals surface area contributed by atoms with Crippen molar-refractivity contribution in [3.8, 4) is 17.2 Å². The number of carbonyl (C=O) groups excluding carboxylic acids is 1. The van der Waals surface area contributed by atoms with Crippen molar-refractivity contribution in [2.24, 2.45) is 0 Å². The molecule has 39 heavy (non-hydrogen) atoms. The molecular weight excluding hydrogens is 486 g/mol. The number of anilines is 2. The summed E-state index contributed by atoms with van der Waals surface area (Å²) in [6.45, 7) is 3.37. The predicted molar refractivity (Wildman–Crippen MR) is 153 cm³/mol. The molecule has 0 spiro atoms. The minimum atomic E-state index is -0.0874. The van der Waals surface area contributed by atoms with Crippen LogP contribution in [0.4, 0.5) is 16.3 Å². The van der Waals surface area contributed by atoms with Crippen LogP contribution in [0, 0.1) is 11.3 Å². The summed E-state index contributed by atoms with van der Waals surface area (Å²) in [5.41, 5.74) is 4.64. The highest BCUT2D eigenvalue weighted by Gasteiger charge is 2.30. The van der Waals surface area contributed by atoms with Crippen LogP contribution in [0.15, 0.2) is 85.3 Å². The maximum atomic E-state index is 13.6. The minimum Gasteiger partial charge on any atom is -0.367 e. The first-order valence-corrected chi connectivity index (χ1v) is 13.5. The summed E-state index contributed by atoms with van der Waals surface area (Å²) in [6.07, 6.45) is 9.08. The number of nitrogens with zero attached hydrogens (tertiary/aromatic N) is 5. The van der Waals surface area contributed by atoms with Crippen molar-refractivity contribution in [1.29, 1.82) is 5.26 Å². The fraction of sp³-hybridized carbons (Fsp3) is 0.290. The van der Waals surface area contributed by atoms with Crippen LogP contribution in [0.1, 0.15) is 43.7 Å². The standard InChI is InChI=1S/C31H33N7O/c1-2-37-22-26(21-35-37)25-9-13-28(14-10-25)38(31(39)34-19-23-6-4-3-5-7-23)29-15-11-27(12-16-29)36-30-17-8-24(18-32)20-33-30/h3-10,13-14,17,20-22,27,29H,2,11-12,15-16,19H2,1H3,(H,33,36)(H,34,39)/t27-,29-. The highest BCUT2D eigenvalue weighted by atomic mass is 16.2. The molecule has 0 bridgehead atoms. The number of benzene rings is 2. The molecule has 4 aromatic rings. The molecule has 0 saturated heterocycles. The van der Waals surface area contributed by atoms with Crippen LogP contribution < -0.4 is 15.5 Å². The maximum absolute atomic E-state index is 13.6. The van der Waals surface area contributed by atoms with Gasteiger partial charge in [0, 0.05) is 48.8 Å². The molecule has 2 amide bonds. The summed E-state index contributed by atoms with van der Waals surface area (Å²) in [5.74, 6) is 0.775. The third-order valence-electron chi connectivity index (χ3n) is 7.25. The molecule has 0 unspecified atom stereocenters. The monoisotopic (exact) mass is 519 g/mol.